The number of hydrogen-bond donors (Lipinski definition) is 3. The SMILES string of the molecule is CNCCOc1nc(C(=NN)c2c[nH]c3ccccc23)cc(N2CCOCC2)n1. The summed E-state index contributed by atoms with van der Waals surface area (Å²) in [6.07, 6.45) is 1.90. The van der Waals surface area contributed by atoms with Crippen molar-refractivity contribution in [2.45, 2.75) is 0 Å². The van der Waals surface area contributed by atoms with Crippen LogP contribution in [0.3, 0.4) is 0 Å². The molecule has 0 saturated carbocycles. The zero-order valence-electron chi connectivity index (χ0n) is 16.4. The first-order valence-corrected chi connectivity index (χ1v) is 9.64. The first kappa shape index (κ1) is 19.2. The van der Waals surface area contributed by atoms with Crippen LogP contribution in [0.15, 0.2) is 41.6 Å². The number of nitrogens with two attached hydrogens (primary N) is 1. The van der Waals surface area contributed by atoms with Crippen LogP contribution in [-0.2, 0) is 4.74 Å². The molecule has 0 amide bonds. The highest BCUT2D eigenvalue weighted by atomic mass is 16.5. The highest BCUT2D eigenvalue weighted by molar-refractivity contribution is 6.18. The lowest BCUT2D eigenvalue weighted by Gasteiger charge is -2.28. The Morgan fingerprint density at radius 3 is 2.93 bits per heavy atom. The predicted octanol–water partition coefficient (Wildman–Crippen LogP) is 1.10. The number of ether oxygens (including phenoxy) is 2. The number of nitrogens with zero attached hydrogens (tertiary/aromatic N) is 4. The van der Waals surface area contributed by atoms with E-state index in [9.17, 15) is 0 Å². The van der Waals surface area contributed by atoms with Gasteiger partial charge in [-0.1, -0.05) is 18.2 Å². The molecule has 0 atom stereocenters. The third-order valence-corrected chi connectivity index (χ3v) is 4.83. The molecule has 1 saturated heterocycles. The highest BCUT2D eigenvalue weighted by Gasteiger charge is 2.20. The first-order chi connectivity index (χ1) is 14.3. The Morgan fingerprint density at radius 1 is 1.31 bits per heavy atom. The zero-order chi connectivity index (χ0) is 20.1. The molecule has 152 valence electrons. The lowest BCUT2D eigenvalue weighted by molar-refractivity contribution is 0.122. The molecule has 1 fully saturated rings. The molecule has 1 aliphatic rings. The van der Waals surface area contributed by atoms with Gasteiger partial charge in [0.25, 0.3) is 0 Å². The Bertz CT molecular complexity index is 995. The summed E-state index contributed by atoms with van der Waals surface area (Å²) in [6, 6.07) is 10.2. The molecule has 4 rings (SSSR count). The van der Waals surface area contributed by atoms with E-state index in [-0.39, 0.29) is 0 Å². The Kier molecular flexibility index (Phi) is 5.87. The summed E-state index contributed by atoms with van der Waals surface area (Å²) < 4.78 is 11.2. The van der Waals surface area contributed by atoms with Crippen LogP contribution in [0.4, 0.5) is 5.82 Å². The van der Waals surface area contributed by atoms with Gasteiger partial charge in [0.15, 0.2) is 0 Å². The van der Waals surface area contributed by atoms with E-state index in [0.29, 0.717) is 43.8 Å². The number of hydrogen-bond acceptors (Lipinski definition) is 8. The van der Waals surface area contributed by atoms with E-state index in [1.54, 1.807) is 0 Å². The van der Waals surface area contributed by atoms with Gasteiger partial charge < -0.3 is 30.5 Å². The van der Waals surface area contributed by atoms with Crippen molar-refractivity contribution in [3.05, 3.63) is 47.8 Å². The third-order valence-electron chi connectivity index (χ3n) is 4.83. The average molecular weight is 395 g/mol. The number of para-hydroxylation sites is 1. The maximum atomic E-state index is 5.82. The van der Waals surface area contributed by atoms with Crippen molar-refractivity contribution < 1.29 is 9.47 Å². The molecule has 3 heterocycles. The average Bonchev–Trinajstić information content (AvgIpc) is 3.19. The summed E-state index contributed by atoms with van der Waals surface area (Å²) in [5, 5.41) is 8.15. The molecule has 3 aromatic rings. The predicted molar refractivity (Wildman–Crippen MR) is 113 cm³/mol. The summed E-state index contributed by atoms with van der Waals surface area (Å²) >= 11 is 0. The van der Waals surface area contributed by atoms with E-state index < -0.39 is 0 Å². The molecule has 4 N–H and O–H groups in total. The van der Waals surface area contributed by atoms with Crippen molar-refractivity contribution in [3.8, 4) is 6.01 Å². The Labute approximate surface area is 168 Å². The number of morpholine rings is 1. The van der Waals surface area contributed by atoms with Crippen LogP contribution in [0, 0.1) is 0 Å². The van der Waals surface area contributed by atoms with Crippen molar-refractivity contribution in [1.82, 2.24) is 20.3 Å². The van der Waals surface area contributed by atoms with E-state index in [0.717, 1.165) is 35.4 Å². The van der Waals surface area contributed by atoms with Crippen molar-refractivity contribution in [3.63, 3.8) is 0 Å². The van der Waals surface area contributed by atoms with Crippen LogP contribution in [0.25, 0.3) is 10.9 Å². The molecule has 9 heteroatoms. The summed E-state index contributed by atoms with van der Waals surface area (Å²) in [6.45, 7) is 4.00. The number of anilines is 1. The molecule has 1 aliphatic heterocycles. The van der Waals surface area contributed by atoms with E-state index in [4.69, 9.17) is 15.3 Å². The number of benzene rings is 1. The fraction of sp³-hybridized carbons (Fsp3) is 0.350. The minimum atomic E-state index is 0.306. The van der Waals surface area contributed by atoms with Gasteiger partial charge in [0.1, 0.15) is 23.8 Å². The van der Waals surface area contributed by atoms with Crippen molar-refractivity contribution in [2.24, 2.45) is 10.9 Å². The van der Waals surface area contributed by atoms with E-state index >= 15 is 0 Å². The second kappa shape index (κ2) is 8.89. The quantitative estimate of drug-likeness (QED) is 0.238. The Hall–Kier alpha value is -3.17. The van der Waals surface area contributed by atoms with Gasteiger partial charge in [-0.25, -0.2) is 0 Å². The summed E-state index contributed by atoms with van der Waals surface area (Å²) in [5.41, 5.74) is 3.10. The van der Waals surface area contributed by atoms with Gasteiger partial charge in [0.05, 0.1) is 13.2 Å². The van der Waals surface area contributed by atoms with Gasteiger partial charge in [0, 0.05) is 48.4 Å². The molecular weight excluding hydrogens is 370 g/mol. The molecule has 1 aromatic carbocycles. The van der Waals surface area contributed by atoms with Crippen LogP contribution in [0.2, 0.25) is 0 Å². The topological polar surface area (TPSA) is 114 Å². The Balaban J connectivity index is 1.74. The van der Waals surface area contributed by atoms with Crippen LogP contribution in [-0.4, -0.2) is 67.2 Å². The van der Waals surface area contributed by atoms with Gasteiger partial charge in [-0.05, 0) is 13.1 Å². The molecule has 0 bridgehead atoms. The fourth-order valence-electron chi connectivity index (χ4n) is 3.34. The van der Waals surface area contributed by atoms with E-state index in [1.807, 2.05) is 43.6 Å². The van der Waals surface area contributed by atoms with Gasteiger partial charge >= 0.3 is 6.01 Å². The van der Waals surface area contributed by atoms with Crippen molar-refractivity contribution >= 4 is 22.4 Å². The van der Waals surface area contributed by atoms with E-state index in [1.165, 1.54) is 0 Å². The molecule has 0 radical (unpaired) electrons. The van der Waals surface area contributed by atoms with Gasteiger partial charge in [0.2, 0.25) is 0 Å². The van der Waals surface area contributed by atoms with Crippen LogP contribution in [0.1, 0.15) is 11.3 Å². The molecular formula is C20H25N7O2. The number of rotatable bonds is 7. The van der Waals surface area contributed by atoms with Crippen LogP contribution < -0.4 is 20.8 Å². The molecule has 9 nitrogen and oxygen atoms in total. The monoisotopic (exact) mass is 395 g/mol. The number of aromatic nitrogens is 3. The molecule has 0 aliphatic carbocycles. The standard InChI is InChI=1S/C20H25N7O2/c1-22-6-9-29-20-24-17(12-18(25-20)27-7-10-28-11-8-27)19(26-21)15-13-23-16-5-3-2-4-14(15)16/h2-5,12-13,22-23H,6-11,21H2,1H3. The molecule has 0 unspecified atom stereocenters. The molecule has 29 heavy (non-hydrogen) atoms. The molecule has 2 aromatic heterocycles. The number of H-pyrrole nitrogens is 1. The number of hydrazone groups is 1. The number of aromatic amines is 1. The lowest BCUT2D eigenvalue weighted by Crippen LogP contribution is -2.37. The second-order valence-corrected chi connectivity index (χ2v) is 6.67. The van der Waals surface area contributed by atoms with Crippen molar-refractivity contribution in [2.75, 3.05) is 51.4 Å². The van der Waals surface area contributed by atoms with Crippen molar-refractivity contribution in [1.29, 1.82) is 0 Å². The minimum Gasteiger partial charge on any atom is -0.462 e. The van der Waals surface area contributed by atoms with E-state index in [2.05, 4.69) is 30.3 Å². The summed E-state index contributed by atoms with van der Waals surface area (Å²) in [4.78, 5) is 14.6. The van der Waals surface area contributed by atoms with Gasteiger partial charge in [-0.2, -0.15) is 15.1 Å². The smallest absolute Gasteiger partial charge is 0.319 e. The van der Waals surface area contributed by atoms with Gasteiger partial charge in [-0.15, -0.1) is 0 Å². The fourth-order valence-corrected chi connectivity index (χ4v) is 3.34. The second-order valence-electron chi connectivity index (χ2n) is 6.67. The lowest BCUT2D eigenvalue weighted by atomic mass is 10.1. The van der Waals surface area contributed by atoms with Gasteiger partial charge in [-0.3, -0.25) is 0 Å². The van der Waals surface area contributed by atoms with Crippen LogP contribution >= 0.6 is 0 Å². The number of fused-ring (bicyclic) bond motifs is 1. The number of likely N-dealkylation sites (N-methyl/N-ethyl adjacent to an activating group) is 1. The summed E-state index contributed by atoms with van der Waals surface area (Å²) in [7, 11) is 1.87. The largest absolute Gasteiger partial charge is 0.462 e. The Morgan fingerprint density at radius 2 is 2.14 bits per heavy atom. The maximum Gasteiger partial charge on any atom is 0.319 e. The highest BCUT2D eigenvalue weighted by Crippen LogP contribution is 2.24. The maximum absolute atomic E-state index is 5.82. The normalized spacial score (nSPS) is 15.1. The third kappa shape index (κ3) is 4.15. The zero-order valence-corrected chi connectivity index (χ0v) is 16.4. The van der Waals surface area contributed by atoms with Crippen LogP contribution in [0.5, 0.6) is 6.01 Å². The number of nitrogens with one attached hydrogen (secondary N) is 2. The minimum absolute atomic E-state index is 0.306. The first-order valence-electron chi connectivity index (χ1n) is 9.64. The molecule has 0 spiro atoms. The summed E-state index contributed by atoms with van der Waals surface area (Å²) in [5.74, 6) is 6.59.